The summed E-state index contributed by atoms with van der Waals surface area (Å²) in [6, 6.07) is 10.2. The topological polar surface area (TPSA) is 84.5 Å². The Morgan fingerprint density at radius 3 is 2.67 bits per heavy atom. The van der Waals surface area contributed by atoms with Crippen molar-refractivity contribution in [1.82, 2.24) is 14.2 Å². The standard InChI is InChI=1S/C22H27N3O4S/c1-2-20(22(26)23-16-18-7-6-14-29-18)25-13-10-17-15-19(8-9-21(17)25)30(27,28)24-11-4-3-5-12-24/h6-10,13-15,20H,2-5,11-12,16H2,1H3,(H,23,26)/t20-/m1/s1. The largest absolute Gasteiger partial charge is 0.467 e. The zero-order valence-corrected chi connectivity index (χ0v) is 17.9. The van der Waals surface area contributed by atoms with Crippen molar-refractivity contribution in [3.63, 3.8) is 0 Å². The van der Waals surface area contributed by atoms with Crippen LogP contribution in [-0.2, 0) is 21.4 Å². The molecule has 1 aromatic carbocycles. The summed E-state index contributed by atoms with van der Waals surface area (Å²) >= 11 is 0. The van der Waals surface area contributed by atoms with Crippen molar-refractivity contribution in [2.45, 2.75) is 50.1 Å². The molecular weight excluding hydrogens is 402 g/mol. The van der Waals surface area contributed by atoms with E-state index >= 15 is 0 Å². The maximum Gasteiger partial charge on any atom is 0.243 e. The maximum atomic E-state index is 13.0. The molecule has 1 aliphatic heterocycles. The molecule has 160 valence electrons. The average Bonchev–Trinajstić information content (AvgIpc) is 3.43. The smallest absolute Gasteiger partial charge is 0.243 e. The van der Waals surface area contributed by atoms with E-state index in [0.717, 1.165) is 30.2 Å². The second-order valence-corrected chi connectivity index (χ2v) is 9.57. The van der Waals surface area contributed by atoms with Crippen molar-refractivity contribution in [1.29, 1.82) is 0 Å². The maximum absolute atomic E-state index is 13.0. The molecule has 7 nitrogen and oxygen atoms in total. The summed E-state index contributed by atoms with van der Waals surface area (Å²) < 4.78 is 34.7. The van der Waals surface area contributed by atoms with Crippen molar-refractivity contribution in [3.8, 4) is 0 Å². The van der Waals surface area contributed by atoms with Crippen LogP contribution in [-0.4, -0.2) is 36.3 Å². The van der Waals surface area contributed by atoms with Crippen molar-refractivity contribution < 1.29 is 17.6 Å². The molecule has 3 aromatic rings. The Morgan fingerprint density at radius 1 is 1.17 bits per heavy atom. The van der Waals surface area contributed by atoms with E-state index in [1.54, 1.807) is 34.8 Å². The van der Waals surface area contributed by atoms with Gasteiger partial charge in [-0.3, -0.25) is 4.79 Å². The molecule has 1 fully saturated rings. The van der Waals surface area contributed by atoms with E-state index in [1.165, 1.54) is 0 Å². The third-order valence-corrected chi connectivity index (χ3v) is 7.58. The molecule has 1 saturated heterocycles. The highest BCUT2D eigenvalue weighted by Gasteiger charge is 2.27. The Balaban J connectivity index is 1.57. The number of sulfonamides is 1. The predicted octanol–water partition coefficient (Wildman–Crippen LogP) is 3.68. The highest BCUT2D eigenvalue weighted by atomic mass is 32.2. The zero-order chi connectivity index (χ0) is 21.1. The number of piperidine rings is 1. The fourth-order valence-electron chi connectivity index (χ4n) is 4.04. The number of aromatic nitrogens is 1. The molecule has 8 heteroatoms. The molecule has 0 saturated carbocycles. The zero-order valence-electron chi connectivity index (χ0n) is 17.1. The number of benzene rings is 1. The number of amides is 1. The van der Waals surface area contributed by atoms with Gasteiger partial charge in [0.05, 0.1) is 17.7 Å². The number of hydrogen-bond donors (Lipinski definition) is 1. The third kappa shape index (κ3) is 4.02. The van der Waals surface area contributed by atoms with E-state index in [1.807, 2.05) is 29.8 Å². The van der Waals surface area contributed by atoms with Gasteiger partial charge in [-0.05, 0) is 55.7 Å². The van der Waals surface area contributed by atoms with Crippen LogP contribution in [0.3, 0.4) is 0 Å². The second kappa shape index (κ2) is 8.65. The van der Waals surface area contributed by atoms with Gasteiger partial charge in [-0.2, -0.15) is 4.31 Å². The van der Waals surface area contributed by atoms with Crippen LogP contribution in [0.15, 0.2) is 58.2 Å². The minimum atomic E-state index is -3.49. The molecule has 0 unspecified atom stereocenters. The molecule has 0 bridgehead atoms. The summed E-state index contributed by atoms with van der Waals surface area (Å²) in [6.45, 7) is 3.45. The molecular formula is C22H27N3O4S. The summed E-state index contributed by atoms with van der Waals surface area (Å²) in [6.07, 6.45) is 6.93. The van der Waals surface area contributed by atoms with Gasteiger partial charge in [0.1, 0.15) is 11.8 Å². The van der Waals surface area contributed by atoms with Crippen LogP contribution in [0, 0.1) is 0 Å². The van der Waals surface area contributed by atoms with Gasteiger partial charge in [-0.25, -0.2) is 8.42 Å². The number of furan rings is 1. The highest BCUT2D eigenvalue weighted by Crippen LogP contribution is 2.27. The molecule has 0 radical (unpaired) electrons. The molecule has 4 rings (SSSR count). The Bertz CT molecular complexity index is 1110. The van der Waals surface area contributed by atoms with E-state index in [2.05, 4.69) is 5.32 Å². The molecule has 0 spiro atoms. The first-order valence-electron chi connectivity index (χ1n) is 10.4. The Hall–Kier alpha value is -2.58. The summed E-state index contributed by atoms with van der Waals surface area (Å²) in [4.78, 5) is 13.1. The van der Waals surface area contributed by atoms with E-state index in [-0.39, 0.29) is 11.9 Å². The van der Waals surface area contributed by atoms with Crippen molar-refractivity contribution in [2.24, 2.45) is 0 Å². The summed E-state index contributed by atoms with van der Waals surface area (Å²) in [5.74, 6) is 0.597. The second-order valence-electron chi connectivity index (χ2n) is 7.63. The van der Waals surface area contributed by atoms with Gasteiger partial charge in [0.15, 0.2) is 0 Å². The first-order chi connectivity index (χ1) is 14.5. The minimum Gasteiger partial charge on any atom is -0.467 e. The van der Waals surface area contributed by atoms with Crippen molar-refractivity contribution in [2.75, 3.05) is 13.1 Å². The number of carbonyl (C=O) groups excluding carboxylic acids is 1. The number of carbonyl (C=O) groups is 1. The first-order valence-corrected chi connectivity index (χ1v) is 11.9. The summed E-state index contributed by atoms with van der Waals surface area (Å²) in [7, 11) is -3.49. The third-order valence-electron chi connectivity index (χ3n) is 5.69. The molecule has 1 amide bonds. The summed E-state index contributed by atoms with van der Waals surface area (Å²) in [5, 5.41) is 3.72. The number of rotatable bonds is 7. The SMILES string of the molecule is CC[C@H](C(=O)NCc1ccco1)n1ccc2cc(S(=O)(=O)N3CCCCC3)ccc21. The minimum absolute atomic E-state index is 0.101. The van der Waals surface area contributed by atoms with Crippen LogP contribution in [0.2, 0.25) is 0 Å². The van der Waals surface area contributed by atoms with Gasteiger partial charge in [-0.15, -0.1) is 0 Å². The lowest BCUT2D eigenvalue weighted by Gasteiger charge is -2.26. The fraction of sp³-hybridized carbons (Fsp3) is 0.409. The highest BCUT2D eigenvalue weighted by molar-refractivity contribution is 7.89. The van der Waals surface area contributed by atoms with Gasteiger partial charge in [0, 0.05) is 30.2 Å². The Kier molecular flexibility index (Phi) is 5.97. The number of nitrogens with one attached hydrogen (secondary N) is 1. The Morgan fingerprint density at radius 2 is 1.97 bits per heavy atom. The van der Waals surface area contributed by atoms with Gasteiger partial charge in [0.2, 0.25) is 15.9 Å². The first kappa shape index (κ1) is 20.7. The van der Waals surface area contributed by atoms with Gasteiger partial charge in [0.25, 0.3) is 0 Å². The van der Waals surface area contributed by atoms with E-state index in [4.69, 9.17) is 4.42 Å². The van der Waals surface area contributed by atoms with E-state index < -0.39 is 10.0 Å². The van der Waals surface area contributed by atoms with Crippen molar-refractivity contribution >= 4 is 26.8 Å². The molecule has 0 aliphatic carbocycles. The lowest BCUT2D eigenvalue weighted by atomic mass is 10.2. The van der Waals surface area contributed by atoms with Crippen LogP contribution in [0.25, 0.3) is 10.9 Å². The number of hydrogen-bond acceptors (Lipinski definition) is 4. The fourth-order valence-corrected chi connectivity index (χ4v) is 5.60. The monoisotopic (exact) mass is 429 g/mol. The van der Waals surface area contributed by atoms with Crippen LogP contribution in [0.5, 0.6) is 0 Å². The molecule has 30 heavy (non-hydrogen) atoms. The quantitative estimate of drug-likeness (QED) is 0.621. The van der Waals surface area contributed by atoms with Gasteiger partial charge < -0.3 is 14.3 Å². The summed E-state index contributed by atoms with van der Waals surface area (Å²) in [5.41, 5.74) is 0.840. The molecule has 2 aromatic heterocycles. The lowest BCUT2D eigenvalue weighted by molar-refractivity contribution is -0.124. The lowest BCUT2D eigenvalue weighted by Crippen LogP contribution is -2.35. The van der Waals surface area contributed by atoms with Crippen LogP contribution < -0.4 is 5.32 Å². The van der Waals surface area contributed by atoms with Crippen LogP contribution in [0.1, 0.15) is 44.4 Å². The van der Waals surface area contributed by atoms with Crippen LogP contribution in [0.4, 0.5) is 0 Å². The van der Waals surface area contributed by atoms with Gasteiger partial charge >= 0.3 is 0 Å². The normalized spacial score (nSPS) is 16.6. The number of nitrogens with zero attached hydrogens (tertiary/aromatic N) is 2. The van der Waals surface area contributed by atoms with E-state index in [9.17, 15) is 13.2 Å². The van der Waals surface area contributed by atoms with Crippen molar-refractivity contribution in [3.05, 3.63) is 54.6 Å². The predicted molar refractivity (Wildman–Crippen MR) is 114 cm³/mol. The Labute approximate surface area is 176 Å². The molecule has 1 N–H and O–H groups in total. The van der Waals surface area contributed by atoms with Gasteiger partial charge in [-0.1, -0.05) is 13.3 Å². The molecule has 1 atom stereocenters. The average molecular weight is 430 g/mol. The molecule has 1 aliphatic rings. The number of fused-ring (bicyclic) bond motifs is 1. The molecule has 3 heterocycles. The van der Waals surface area contributed by atoms with Crippen LogP contribution >= 0.6 is 0 Å². The van der Waals surface area contributed by atoms with E-state index in [0.29, 0.717) is 36.7 Å².